The number of aromatic nitrogens is 1. The number of benzene rings is 1. The normalized spacial score (nSPS) is 11.2. The molecule has 0 spiro atoms. The molecule has 0 aliphatic heterocycles. The number of sulfonamides is 1. The summed E-state index contributed by atoms with van der Waals surface area (Å²) in [6.07, 6.45) is 1.58. The smallest absolute Gasteiger partial charge is 0.263 e. The Morgan fingerprint density at radius 3 is 2.61 bits per heavy atom. The molecule has 2 aromatic rings. The van der Waals surface area contributed by atoms with E-state index in [2.05, 4.69) is 32.3 Å². The van der Waals surface area contributed by atoms with Crippen LogP contribution < -0.4 is 4.72 Å². The summed E-state index contributed by atoms with van der Waals surface area (Å²) in [6, 6.07) is 9.42. The molecular weight excluding hydrogens is 387 g/mol. The fraction of sp³-hybridized carbons (Fsp3) is 0. The first-order chi connectivity index (χ1) is 8.47. The number of halogens is 2. The predicted octanol–water partition coefficient (Wildman–Crippen LogP) is 3.14. The van der Waals surface area contributed by atoms with Crippen LogP contribution in [0.1, 0.15) is 0 Å². The zero-order valence-electron chi connectivity index (χ0n) is 8.97. The van der Waals surface area contributed by atoms with E-state index in [1.165, 1.54) is 12.1 Å². The molecule has 0 bridgehead atoms. The van der Waals surface area contributed by atoms with Crippen molar-refractivity contribution in [3.63, 3.8) is 0 Å². The fourth-order valence-corrected chi connectivity index (χ4v) is 2.89. The SMILES string of the molecule is O=S(=O)(Nc1ccc(I)cn1)c1cccc(Cl)c1. The second-order valence-electron chi connectivity index (χ2n) is 3.42. The second-order valence-corrected chi connectivity index (χ2v) is 6.79. The average molecular weight is 395 g/mol. The van der Waals surface area contributed by atoms with Gasteiger partial charge in [0, 0.05) is 14.8 Å². The standard InChI is InChI=1S/C11H8ClIN2O2S/c12-8-2-1-3-10(6-8)18(16,17)15-11-5-4-9(13)7-14-11/h1-7H,(H,14,15). The van der Waals surface area contributed by atoms with Gasteiger partial charge in [-0.2, -0.15) is 0 Å². The molecule has 1 N–H and O–H groups in total. The molecule has 0 aliphatic carbocycles. The molecule has 7 heteroatoms. The zero-order valence-corrected chi connectivity index (χ0v) is 12.7. The summed E-state index contributed by atoms with van der Waals surface area (Å²) in [4.78, 5) is 4.09. The van der Waals surface area contributed by atoms with E-state index in [1.54, 1.807) is 30.5 Å². The lowest BCUT2D eigenvalue weighted by molar-refractivity contribution is 0.601. The summed E-state index contributed by atoms with van der Waals surface area (Å²) in [5, 5.41) is 0.369. The number of pyridine rings is 1. The molecule has 0 aliphatic rings. The molecule has 0 atom stereocenters. The topological polar surface area (TPSA) is 59.1 Å². The Morgan fingerprint density at radius 2 is 2.00 bits per heavy atom. The van der Waals surface area contributed by atoms with E-state index in [0.717, 1.165) is 3.57 Å². The van der Waals surface area contributed by atoms with Crippen molar-refractivity contribution in [1.29, 1.82) is 0 Å². The molecule has 2 rings (SSSR count). The van der Waals surface area contributed by atoms with Gasteiger partial charge in [-0.1, -0.05) is 17.7 Å². The Balaban J connectivity index is 2.30. The highest BCUT2D eigenvalue weighted by atomic mass is 127. The van der Waals surface area contributed by atoms with Crippen LogP contribution >= 0.6 is 34.2 Å². The van der Waals surface area contributed by atoms with Crippen molar-refractivity contribution in [3.05, 3.63) is 51.2 Å². The molecule has 0 unspecified atom stereocenters. The van der Waals surface area contributed by atoms with E-state index in [0.29, 0.717) is 5.02 Å². The lowest BCUT2D eigenvalue weighted by Crippen LogP contribution is -2.13. The van der Waals surface area contributed by atoms with Crippen LogP contribution in [0, 0.1) is 3.57 Å². The third-order valence-electron chi connectivity index (χ3n) is 2.07. The average Bonchev–Trinajstić information content (AvgIpc) is 2.32. The molecular formula is C11H8ClIN2O2S. The first-order valence-corrected chi connectivity index (χ1v) is 7.81. The van der Waals surface area contributed by atoms with E-state index in [1.807, 2.05) is 0 Å². The Labute approximate surface area is 124 Å². The van der Waals surface area contributed by atoms with Gasteiger partial charge in [0.05, 0.1) is 4.90 Å². The summed E-state index contributed by atoms with van der Waals surface area (Å²) >= 11 is 7.86. The van der Waals surface area contributed by atoms with Crippen LogP contribution in [-0.4, -0.2) is 13.4 Å². The number of hydrogen-bond acceptors (Lipinski definition) is 3. The fourth-order valence-electron chi connectivity index (χ4n) is 1.27. The number of nitrogens with zero attached hydrogens (tertiary/aromatic N) is 1. The van der Waals surface area contributed by atoms with Gasteiger partial charge in [-0.3, -0.25) is 4.72 Å². The molecule has 0 saturated heterocycles. The Bertz CT molecular complexity index is 659. The monoisotopic (exact) mass is 394 g/mol. The maximum absolute atomic E-state index is 12.0. The van der Waals surface area contributed by atoms with Crippen molar-refractivity contribution in [3.8, 4) is 0 Å². The van der Waals surface area contributed by atoms with Crippen molar-refractivity contribution in [1.82, 2.24) is 4.98 Å². The molecule has 0 amide bonds. The lowest BCUT2D eigenvalue weighted by Gasteiger charge is -2.07. The van der Waals surface area contributed by atoms with Gasteiger partial charge >= 0.3 is 0 Å². The van der Waals surface area contributed by atoms with Gasteiger partial charge in [-0.05, 0) is 52.9 Å². The van der Waals surface area contributed by atoms with Gasteiger partial charge < -0.3 is 0 Å². The Morgan fingerprint density at radius 1 is 1.22 bits per heavy atom. The Kier molecular flexibility index (Phi) is 4.08. The van der Waals surface area contributed by atoms with Crippen LogP contribution in [0.2, 0.25) is 5.02 Å². The first kappa shape index (κ1) is 13.6. The van der Waals surface area contributed by atoms with Crippen LogP contribution in [0.4, 0.5) is 5.82 Å². The maximum Gasteiger partial charge on any atom is 0.263 e. The van der Waals surface area contributed by atoms with E-state index >= 15 is 0 Å². The predicted molar refractivity (Wildman–Crippen MR) is 79.2 cm³/mol. The van der Waals surface area contributed by atoms with Gasteiger partial charge in [0.2, 0.25) is 0 Å². The molecule has 1 heterocycles. The van der Waals surface area contributed by atoms with Crippen molar-refractivity contribution in [2.24, 2.45) is 0 Å². The molecule has 1 aromatic carbocycles. The highest BCUT2D eigenvalue weighted by Crippen LogP contribution is 2.18. The minimum absolute atomic E-state index is 0.107. The first-order valence-electron chi connectivity index (χ1n) is 4.87. The summed E-state index contributed by atoms with van der Waals surface area (Å²) in [5.74, 6) is 0.274. The second kappa shape index (κ2) is 5.41. The van der Waals surface area contributed by atoms with Crippen LogP contribution in [0.3, 0.4) is 0 Å². The van der Waals surface area contributed by atoms with Gasteiger partial charge in [-0.25, -0.2) is 13.4 Å². The highest BCUT2D eigenvalue weighted by Gasteiger charge is 2.14. The number of rotatable bonds is 3. The summed E-state index contributed by atoms with van der Waals surface area (Å²) < 4.78 is 27.4. The number of hydrogen-bond donors (Lipinski definition) is 1. The van der Waals surface area contributed by atoms with Crippen molar-refractivity contribution in [2.45, 2.75) is 4.90 Å². The van der Waals surface area contributed by atoms with Gasteiger partial charge in [0.1, 0.15) is 5.82 Å². The Hall–Kier alpha value is -0.860. The molecule has 0 radical (unpaired) electrons. The highest BCUT2D eigenvalue weighted by molar-refractivity contribution is 14.1. The van der Waals surface area contributed by atoms with E-state index in [-0.39, 0.29) is 10.7 Å². The molecule has 0 saturated carbocycles. The third kappa shape index (κ3) is 3.33. The maximum atomic E-state index is 12.0. The third-order valence-corrected chi connectivity index (χ3v) is 4.30. The number of anilines is 1. The van der Waals surface area contributed by atoms with Gasteiger partial charge in [-0.15, -0.1) is 0 Å². The van der Waals surface area contributed by atoms with E-state index in [9.17, 15) is 8.42 Å². The van der Waals surface area contributed by atoms with Crippen LogP contribution in [0.15, 0.2) is 47.5 Å². The lowest BCUT2D eigenvalue weighted by atomic mass is 10.4. The zero-order chi connectivity index (χ0) is 13.2. The minimum Gasteiger partial charge on any atom is -0.263 e. The van der Waals surface area contributed by atoms with Crippen LogP contribution in [-0.2, 0) is 10.0 Å². The van der Waals surface area contributed by atoms with Crippen molar-refractivity contribution < 1.29 is 8.42 Å². The molecule has 1 aromatic heterocycles. The summed E-state index contributed by atoms with van der Waals surface area (Å²) in [7, 11) is -3.65. The van der Waals surface area contributed by atoms with Crippen molar-refractivity contribution in [2.75, 3.05) is 4.72 Å². The van der Waals surface area contributed by atoms with Crippen molar-refractivity contribution >= 4 is 50.0 Å². The summed E-state index contributed by atoms with van der Waals surface area (Å²) in [6.45, 7) is 0. The van der Waals surface area contributed by atoms with Crippen LogP contribution in [0.25, 0.3) is 0 Å². The van der Waals surface area contributed by atoms with Crippen LogP contribution in [0.5, 0.6) is 0 Å². The summed E-state index contributed by atoms with van der Waals surface area (Å²) in [5.41, 5.74) is 0. The van der Waals surface area contributed by atoms with E-state index in [4.69, 9.17) is 11.6 Å². The molecule has 18 heavy (non-hydrogen) atoms. The largest absolute Gasteiger partial charge is 0.263 e. The molecule has 94 valence electrons. The van der Waals surface area contributed by atoms with E-state index < -0.39 is 10.0 Å². The quantitative estimate of drug-likeness (QED) is 0.814. The number of nitrogens with one attached hydrogen (secondary N) is 1. The van der Waals surface area contributed by atoms with Gasteiger partial charge in [0.15, 0.2) is 0 Å². The molecule has 0 fully saturated rings. The molecule has 4 nitrogen and oxygen atoms in total. The minimum atomic E-state index is -3.65. The van der Waals surface area contributed by atoms with Gasteiger partial charge in [0.25, 0.3) is 10.0 Å².